The van der Waals surface area contributed by atoms with Crippen molar-refractivity contribution in [2.24, 2.45) is 5.92 Å². The van der Waals surface area contributed by atoms with E-state index < -0.39 is 23.8 Å². The number of carbonyl (C=O) groups excluding carboxylic acids is 1. The Bertz CT molecular complexity index is 1020. The van der Waals surface area contributed by atoms with Gasteiger partial charge in [0, 0.05) is 4.88 Å². The summed E-state index contributed by atoms with van der Waals surface area (Å²) in [6, 6.07) is 0. The second kappa shape index (κ2) is 7.81. The van der Waals surface area contributed by atoms with E-state index in [0.717, 1.165) is 53.9 Å². The van der Waals surface area contributed by atoms with Crippen LogP contribution in [0.1, 0.15) is 23.8 Å². The Hall–Kier alpha value is -1.97. The van der Waals surface area contributed by atoms with Crippen LogP contribution in [0.15, 0.2) is 9.59 Å². The minimum atomic E-state index is -1.43. The van der Waals surface area contributed by atoms with E-state index in [-0.39, 0.29) is 0 Å². The molecule has 2 aromatic heterocycles. The van der Waals surface area contributed by atoms with Gasteiger partial charge in [-0.3, -0.25) is 13.9 Å². The number of carboxylic acids is 1. The molecule has 0 spiro atoms. The summed E-state index contributed by atoms with van der Waals surface area (Å²) in [5.41, 5.74) is -0.0462. The fourth-order valence-electron chi connectivity index (χ4n) is 4.25. The van der Waals surface area contributed by atoms with Crippen LogP contribution in [0.4, 0.5) is 0 Å². The van der Waals surface area contributed by atoms with Crippen LogP contribution >= 0.6 is 11.3 Å². The predicted octanol–water partition coefficient (Wildman–Crippen LogP) is -1.99. The van der Waals surface area contributed by atoms with Crippen molar-refractivity contribution in [3.8, 4) is 0 Å². The Morgan fingerprint density at radius 3 is 2.75 bits per heavy atom. The molecule has 1 saturated heterocycles. The van der Waals surface area contributed by atoms with Crippen LogP contribution < -0.4 is 21.3 Å². The van der Waals surface area contributed by atoms with Crippen molar-refractivity contribution in [2.75, 3.05) is 32.8 Å². The molecule has 2 aliphatic rings. The van der Waals surface area contributed by atoms with Crippen molar-refractivity contribution in [1.82, 2.24) is 9.13 Å². The van der Waals surface area contributed by atoms with E-state index in [0.29, 0.717) is 35.9 Å². The van der Waals surface area contributed by atoms with E-state index in [1.165, 1.54) is 16.2 Å². The van der Waals surface area contributed by atoms with Gasteiger partial charge in [0.1, 0.15) is 17.9 Å². The van der Waals surface area contributed by atoms with Gasteiger partial charge in [0.15, 0.2) is 0 Å². The minimum Gasteiger partial charge on any atom is -0.548 e. The molecule has 0 aromatic carbocycles. The van der Waals surface area contributed by atoms with Gasteiger partial charge in [-0.25, -0.2) is 4.79 Å². The number of ether oxygens (including phenoxy) is 1. The molecule has 2 aromatic rings. The molecule has 152 valence electrons. The van der Waals surface area contributed by atoms with Crippen LogP contribution in [0.5, 0.6) is 0 Å². The molecule has 1 fully saturated rings. The molecular formula is C19H25N3O5S. The lowest BCUT2D eigenvalue weighted by Crippen LogP contribution is -3.14. The SMILES string of the molecule is C[C@H]1CCc2sc3c(c2C1)c(=O)n(CC(=O)[O-])c(=O)n3CC[NH+]1CCOCC1. The fraction of sp³-hybridized carbons (Fsp3) is 0.632. The molecule has 9 heteroatoms. The number of thiophene rings is 1. The van der Waals surface area contributed by atoms with Crippen molar-refractivity contribution >= 4 is 27.5 Å². The molecular weight excluding hydrogens is 382 g/mol. The molecule has 1 aliphatic carbocycles. The average molecular weight is 407 g/mol. The van der Waals surface area contributed by atoms with Gasteiger partial charge in [-0.2, -0.15) is 0 Å². The normalized spacial score (nSPS) is 20.4. The van der Waals surface area contributed by atoms with Crippen LogP contribution in [0, 0.1) is 5.92 Å². The number of aromatic nitrogens is 2. The molecule has 3 heterocycles. The first-order valence-electron chi connectivity index (χ1n) is 9.84. The van der Waals surface area contributed by atoms with Gasteiger partial charge in [0.05, 0.1) is 44.2 Å². The molecule has 0 bridgehead atoms. The Balaban J connectivity index is 1.83. The standard InChI is InChI=1S/C19H25N3O5S/c1-12-2-3-14-13(10-12)16-17(25)22(11-15(23)24)19(26)21(18(16)28-14)5-4-20-6-8-27-9-7-20/h12H,2-11H2,1H3,(H,23,24)/t12-/m0/s1. The number of nitrogens with zero attached hydrogens (tertiary/aromatic N) is 2. The Morgan fingerprint density at radius 1 is 1.29 bits per heavy atom. The number of morpholine rings is 1. The summed E-state index contributed by atoms with van der Waals surface area (Å²) in [4.78, 5) is 40.4. The highest BCUT2D eigenvalue weighted by atomic mass is 32.1. The maximum Gasteiger partial charge on any atom is 0.332 e. The van der Waals surface area contributed by atoms with Gasteiger partial charge in [-0.05, 0) is 30.7 Å². The van der Waals surface area contributed by atoms with Gasteiger partial charge < -0.3 is 19.5 Å². The van der Waals surface area contributed by atoms with Crippen LogP contribution in [-0.2, 0) is 35.5 Å². The number of rotatable bonds is 5. The lowest BCUT2D eigenvalue weighted by Gasteiger charge is -2.24. The minimum absolute atomic E-state index is 0.451. The number of nitrogens with one attached hydrogen (secondary N) is 1. The Morgan fingerprint density at radius 2 is 2.04 bits per heavy atom. The monoisotopic (exact) mass is 407 g/mol. The van der Waals surface area contributed by atoms with E-state index in [1.54, 1.807) is 4.57 Å². The van der Waals surface area contributed by atoms with Crippen molar-refractivity contribution in [3.05, 3.63) is 31.3 Å². The van der Waals surface area contributed by atoms with Crippen molar-refractivity contribution in [1.29, 1.82) is 0 Å². The summed E-state index contributed by atoms with van der Waals surface area (Å²) in [7, 11) is 0. The van der Waals surface area contributed by atoms with Gasteiger partial charge >= 0.3 is 5.69 Å². The zero-order valence-corrected chi connectivity index (χ0v) is 16.8. The molecule has 28 heavy (non-hydrogen) atoms. The van der Waals surface area contributed by atoms with Gasteiger partial charge in [-0.15, -0.1) is 11.3 Å². The number of quaternary nitrogens is 1. The summed E-state index contributed by atoms with van der Waals surface area (Å²) >= 11 is 1.52. The third-order valence-electron chi connectivity index (χ3n) is 5.83. The maximum atomic E-state index is 13.0. The zero-order valence-electron chi connectivity index (χ0n) is 16.0. The molecule has 0 radical (unpaired) electrons. The topological polar surface area (TPSA) is 97.8 Å². The molecule has 1 aliphatic heterocycles. The maximum absolute atomic E-state index is 13.0. The number of carboxylic acid groups (broad SMARTS) is 1. The largest absolute Gasteiger partial charge is 0.548 e. The van der Waals surface area contributed by atoms with Gasteiger partial charge in [0.25, 0.3) is 5.56 Å². The number of hydrogen-bond acceptors (Lipinski definition) is 6. The highest BCUT2D eigenvalue weighted by Gasteiger charge is 2.26. The quantitative estimate of drug-likeness (QED) is 0.619. The molecule has 1 atom stereocenters. The highest BCUT2D eigenvalue weighted by Crippen LogP contribution is 2.36. The summed E-state index contributed by atoms with van der Waals surface area (Å²) in [5.74, 6) is -0.959. The van der Waals surface area contributed by atoms with E-state index in [1.807, 2.05) is 0 Å². The smallest absolute Gasteiger partial charge is 0.332 e. The van der Waals surface area contributed by atoms with E-state index in [9.17, 15) is 19.5 Å². The molecule has 0 unspecified atom stereocenters. The van der Waals surface area contributed by atoms with Crippen LogP contribution in [0.2, 0.25) is 0 Å². The number of hydrogen-bond donors (Lipinski definition) is 1. The molecule has 0 amide bonds. The first-order valence-corrected chi connectivity index (χ1v) is 10.7. The zero-order chi connectivity index (χ0) is 19.8. The highest BCUT2D eigenvalue weighted by molar-refractivity contribution is 7.18. The predicted molar refractivity (Wildman–Crippen MR) is 103 cm³/mol. The first kappa shape index (κ1) is 19.4. The van der Waals surface area contributed by atoms with E-state index in [4.69, 9.17) is 4.74 Å². The van der Waals surface area contributed by atoms with E-state index in [2.05, 4.69) is 6.92 Å². The summed E-state index contributed by atoms with van der Waals surface area (Å²) in [5, 5.41) is 11.7. The number of aliphatic carboxylic acids is 1. The van der Waals surface area contributed by atoms with Gasteiger partial charge in [-0.1, -0.05) is 6.92 Å². The number of fused-ring (bicyclic) bond motifs is 3. The van der Waals surface area contributed by atoms with E-state index >= 15 is 0 Å². The van der Waals surface area contributed by atoms with Crippen molar-refractivity contribution in [3.63, 3.8) is 0 Å². The summed E-state index contributed by atoms with van der Waals surface area (Å²) in [6.45, 7) is 5.81. The lowest BCUT2D eigenvalue weighted by atomic mass is 9.89. The third-order valence-corrected chi connectivity index (χ3v) is 7.15. The van der Waals surface area contributed by atoms with Crippen molar-refractivity contribution < 1.29 is 19.5 Å². The number of carbonyl (C=O) groups is 1. The second-order valence-corrected chi connectivity index (χ2v) is 8.93. The average Bonchev–Trinajstić information content (AvgIpc) is 3.04. The summed E-state index contributed by atoms with van der Waals surface area (Å²) in [6.07, 6.45) is 2.76. The first-order chi connectivity index (χ1) is 13.5. The summed E-state index contributed by atoms with van der Waals surface area (Å²) < 4.78 is 7.82. The molecule has 8 nitrogen and oxygen atoms in total. The lowest BCUT2D eigenvalue weighted by molar-refractivity contribution is -0.908. The number of aryl methyl sites for hydroxylation is 1. The fourth-order valence-corrected chi connectivity index (χ4v) is 5.61. The molecule has 0 saturated carbocycles. The van der Waals surface area contributed by atoms with Crippen LogP contribution in [0.3, 0.4) is 0 Å². The Labute approximate surface area is 165 Å². The Kier molecular flexibility index (Phi) is 5.39. The second-order valence-electron chi connectivity index (χ2n) is 7.84. The molecule has 4 rings (SSSR count). The molecule has 1 N–H and O–H groups in total. The van der Waals surface area contributed by atoms with Crippen molar-refractivity contribution in [2.45, 2.75) is 39.3 Å². The third kappa shape index (κ3) is 3.54. The van der Waals surface area contributed by atoms with Gasteiger partial charge in [0.2, 0.25) is 0 Å². The van der Waals surface area contributed by atoms with Crippen LogP contribution in [0.25, 0.3) is 10.2 Å². The van der Waals surface area contributed by atoms with Crippen LogP contribution in [-0.4, -0.2) is 48.0 Å².